The summed E-state index contributed by atoms with van der Waals surface area (Å²) in [7, 11) is 0. The molecule has 0 saturated carbocycles. The van der Waals surface area contributed by atoms with Crippen molar-refractivity contribution in [3.05, 3.63) is 246 Å². The molecule has 0 heterocycles. The molecule has 9 aromatic rings. The minimum absolute atomic E-state index is 0.255. The summed E-state index contributed by atoms with van der Waals surface area (Å²) >= 11 is 0. The van der Waals surface area contributed by atoms with Crippen molar-refractivity contribution in [2.75, 3.05) is 4.90 Å². The molecule has 1 atom stereocenters. The molecule has 0 saturated heterocycles. The molecule has 1 aliphatic carbocycles. The Bertz CT molecular complexity index is 2920. The Morgan fingerprint density at radius 3 is 1.52 bits per heavy atom. The van der Waals surface area contributed by atoms with Crippen LogP contribution in [-0.4, -0.2) is 0 Å². The van der Waals surface area contributed by atoms with Gasteiger partial charge in [0.2, 0.25) is 0 Å². The second-order valence-corrected chi connectivity index (χ2v) is 17.2. The maximum atomic E-state index is 2.49. The van der Waals surface area contributed by atoms with Crippen LogP contribution in [0.5, 0.6) is 0 Å². The summed E-state index contributed by atoms with van der Waals surface area (Å²) in [5.41, 5.74) is 22.4. The molecule has 0 spiro atoms. The normalized spacial score (nSPS) is 13.0. The van der Waals surface area contributed by atoms with Crippen LogP contribution < -0.4 is 4.90 Å². The van der Waals surface area contributed by atoms with E-state index in [1.165, 1.54) is 89.1 Å². The van der Waals surface area contributed by atoms with Crippen molar-refractivity contribution in [2.45, 2.75) is 45.4 Å². The van der Waals surface area contributed by atoms with Gasteiger partial charge in [0.15, 0.2) is 0 Å². The highest BCUT2D eigenvalue weighted by atomic mass is 15.1. The van der Waals surface area contributed by atoms with E-state index in [1.54, 1.807) is 0 Å². The Balaban J connectivity index is 1.19. The third kappa shape index (κ3) is 6.94. The van der Waals surface area contributed by atoms with E-state index in [1.807, 2.05) is 0 Å². The Morgan fingerprint density at radius 2 is 0.935 bits per heavy atom. The predicted molar refractivity (Wildman–Crippen MR) is 264 cm³/mol. The van der Waals surface area contributed by atoms with Gasteiger partial charge in [0, 0.05) is 28.3 Å². The Labute approximate surface area is 367 Å². The fraction of sp³-hybridized carbons (Fsp3) is 0.115. The first-order chi connectivity index (χ1) is 30.4. The third-order valence-corrected chi connectivity index (χ3v) is 13.2. The molecule has 9 aromatic carbocycles. The lowest BCUT2D eigenvalue weighted by atomic mass is 9.77. The standard InChI is InChI=1S/C61H51N/c1-5-51(47-24-13-8-14-25-47)54-38-33-48(41-56(54)52-26-16-15-19-42(52)2)53-39-40-58(59-55-27-17-18-28-57(55)61(3,4)60(53)59)62(49-34-29-45(30-35-49)43-20-9-6-10-21-43)50-36-31-46(32-37-50)44-22-11-7-12-23-44/h6-41,51H,5H2,1-4H3. The van der Waals surface area contributed by atoms with Crippen LogP contribution in [0, 0.1) is 6.92 Å². The summed E-state index contributed by atoms with van der Waals surface area (Å²) in [6.45, 7) is 9.39. The van der Waals surface area contributed by atoms with Crippen LogP contribution in [-0.2, 0) is 5.41 Å². The third-order valence-electron chi connectivity index (χ3n) is 13.2. The van der Waals surface area contributed by atoms with Crippen molar-refractivity contribution in [3.8, 4) is 55.6 Å². The van der Waals surface area contributed by atoms with Gasteiger partial charge in [0.25, 0.3) is 0 Å². The van der Waals surface area contributed by atoms with Gasteiger partial charge in [-0.25, -0.2) is 0 Å². The van der Waals surface area contributed by atoms with Crippen molar-refractivity contribution >= 4 is 17.1 Å². The van der Waals surface area contributed by atoms with E-state index < -0.39 is 0 Å². The van der Waals surface area contributed by atoms with Crippen LogP contribution in [0.25, 0.3) is 55.6 Å². The van der Waals surface area contributed by atoms with E-state index in [0.29, 0.717) is 0 Å². The highest BCUT2D eigenvalue weighted by Gasteiger charge is 2.40. The molecule has 0 bridgehead atoms. The molecule has 0 amide bonds. The number of nitrogens with zero attached hydrogens (tertiary/aromatic N) is 1. The average molecular weight is 798 g/mol. The van der Waals surface area contributed by atoms with Gasteiger partial charge in [0.05, 0.1) is 5.69 Å². The van der Waals surface area contributed by atoms with Gasteiger partial charge in [-0.15, -0.1) is 0 Å². The molecule has 10 rings (SSSR count). The molecule has 300 valence electrons. The zero-order valence-electron chi connectivity index (χ0n) is 36.0. The number of anilines is 3. The first kappa shape index (κ1) is 38.9. The van der Waals surface area contributed by atoms with Gasteiger partial charge in [-0.2, -0.15) is 0 Å². The monoisotopic (exact) mass is 797 g/mol. The molecule has 0 N–H and O–H groups in total. The first-order valence-corrected chi connectivity index (χ1v) is 22.0. The van der Waals surface area contributed by atoms with Gasteiger partial charge in [-0.1, -0.05) is 203 Å². The highest BCUT2D eigenvalue weighted by Crippen LogP contribution is 2.57. The van der Waals surface area contributed by atoms with Crippen LogP contribution in [0.1, 0.15) is 60.9 Å². The smallest absolute Gasteiger partial charge is 0.0543 e. The topological polar surface area (TPSA) is 3.24 Å². The highest BCUT2D eigenvalue weighted by molar-refractivity contribution is 5.99. The van der Waals surface area contributed by atoms with Crippen molar-refractivity contribution < 1.29 is 0 Å². The summed E-state index contributed by atoms with van der Waals surface area (Å²) in [4.78, 5) is 2.47. The summed E-state index contributed by atoms with van der Waals surface area (Å²) in [5.74, 6) is 0.281. The second-order valence-electron chi connectivity index (χ2n) is 17.2. The van der Waals surface area contributed by atoms with Gasteiger partial charge >= 0.3 is 0 Å². The Hall–Kier alpha value is -7.22. The SMILES string of the molecule is CCC(c1ccccc1)c1ccc(-c2ccc(N(c3ccc(-c4ccccc4)cc3)c3ccc(-c4ccccc4)cc3)c3c2C(C)(C)c2ccccc2-3)cc1-c1ccccc1C. The summed E-state index contributed by atoms with van der Waals surface area (Å²) in [6.07, 6.45) is 1.02. The van der Waals surface area contributed by atoms with Gasteiger partial charge < -0.3 is 4.90 Å². The van der Waals surface area contributed by atoms with Crippen LogP contribution in [0.15, 0.2) is 218 Å². The van der Waals surface area contributed by atoms with E-state index in [4.69, 9.17) is 0 Å². The predicted octanol–water partition coefficient (Wildman–Crippen LogP) is 17.0. The minimum Gasteiger partial charge on any atom is -0.310 e. The molecule has 0 fully saturated rings. The molecule has 0 aliphatic heterocycles. The number of rotatable bonds is 10. The molecule has 62 heavy (non-hydrogen) atoms. The van der Waals surface area contributed by atoms with Crippen LogP contribution in [0.3, 0.4) is 0 Å². The van der Waals surface area contributed by atoms with E-state index >= 15 is 0 Å². The lowest BCUT2D eigenvalue weighted by molar-refractivity contribution is 0.662. The van der Waals surface area contributed by atoms with Crippen molar-refractivity contribution in [2.24, 2.45) is 0 Å². The van der Waals surface area contributed by atoms with E-state index in [0.717, 1.165) is 17.8 Å². The maximum Gasteiger partial charge on any atom is 0.0543 e. The molecule has 0 radical (unpaired) electrons. The van der Waals surface area contributed by atoms with Crippen molar-refractivity contribution in [1.29, 1.82) is 0 Å². The quantitative estimate of drug-likeness (QED) is 0.133. The van der Waals surface area contributed by atoms with Crippen LogP contribution in [0.4, 0.5) is 17.1 Å². The zero-order valence-corrected chi connectivity index (χ0v) is 36.0. The maximum absolute atomic E-state index is 2.49. The van der Waals surface area contributed by atoms with Crippen LogP contribution >= 0.6 is 0 Å². The molecular formula is C61H51N. The molecule has 1 heteroatoms. The summed E-state index contributed by atoms with van der Waals surface area (Å²) < 4.78 is 0. The van der Waals surface area contributed by atoms with E-state index in [2.05, 4.69) is 251 Å². The number of benzene rings is 9. The van der Waals surface area contributed by atoms with Crippen molar-refractivity contribution in [1.82, 2.24) is 0 Å². The Morgan fingerprint density at radius 1 is 0.435 bits per heavy atom. The lowest BCUT2D eigenvalue weighted by Gasteiger charge is -2.31. The number of fused-ring (bicyclic) bond motifs is 3. The number of hydrogen-bond donors (Lipinski definition) is 0. The number of hydrogen-bond acceptors (Lipinski definition) is 1. The summed E-state index contributed by atoms with van der Waals surface area (Å²) in [6, 6.07) is 80.5. The lowest BCUT2D eigenvalue weighted by Crippen LogP contribution is -2.17. The molecule has 0 aromatic heterocycles. The first-order valence-electron chi connectivity index (χ1n) is 22.0. The molecule has 1 nitrogen and oxygen atoms in total. The zero-order chi connectivity index (χ0) is 42.2. The molecule has 1 unspecified atom stereocenters. The van der Waals surface area contributed by atoms with E-state index in [-0.39, 0.29) is 11.3 Å². The fourth-order valence-electron chi connectivity index (χ4n) is 10.1. The number of aryl methyl sites for hydroxylation is 1. The molecule has 1 aliphatic rings. The van der Waals surface area contributed by atoms with Crippen LogP contribution in [0.2, 0.25) is 0 Å². The Kier molecular flexibility index (Phi) is 10.3. The molecular weight excluding hydrogens is 747 g/mol. The average Bonchev–Trinajstić information content (AvgIpc) is 3.57. The fourth-order valence-corrected chi connectivity index (χ4v) is 10.1. The van der Waals surface area contributed by atoms with Gasteiger partial charge in [-0.3, -0.25) is 0 Å². The minimum atomic E-state index is -0.255. The largest absolute Gasteiger partial charge is 0.310 e. The van der Waals surface area contributed by atoms with E-state index in [9.17, 15) is 0 Å². The summed E-state index contributed by atoms with van der Waals surface area (Å²) in [5, 5.41) is 0. The van der Waals surface area contributed by atoms with Crippen molar-refractivity contribution in [3.63, 3.8) is 0 Å². The van der Waals surface area contributed by atoms with Gasteiger partial charge in [0.1, 0.15) is 0 Å². The second kappa shape index (κ2) is 16.3. The van der Waals surface area contributed by atoms with Gasteiger partial charge in [-0.05, 0) is 128 Å².